The summed E-state index contributed by atoms with van der Waals surface area (Å²) in [6.07, 6.45) is 0. The maximum absolute atomic E-state index is 11.9. The molecule has 3 rings (SSSR count). The van der Waals surface area contributed by atoms with Gasteiger partial charge in [0.15, 0.2) is 0 Å². The van der Waals surface area contributed by atoms with Gasteiger partial charge < -0.3 is 19.7 Å². The van der Waals surface area contributed by atoms with Crippen LogP contribution in [-0.4, -0.2) is 29.3 Å². The number of carbonyl (C=O) groups is 2. The third-order valence-corrected chi connectivity index (χ3v) is 3.34. The summed E-state index contributed by atoms with van der Waals surface area (Å²) in [6.45, 7) is 1.65. The van der Waals surface area contributed by atoms with Gasteiger partial charge in [-0.25, -0.2) is 9.59 Å². The molecule has 20 heavy (non-hydrogen) atoms. The number of hydrogen-bond acceptors (Lipinski definition) is 6. The SMILES string of the molecule is COc1cc(O)c2c(C)cc(O)c3c2c1C(=O)OC3=O. The van der Waals surface area contributed by atoms with Crippen LogP contribution in [0.25, 0.3) is 10.8 Å². The third kappa shape index (κ3) is 1.38. The van der Waals surface area contributed by atoms with E-state index in [4.69, 9.17) is 4.74 Å². The van der Waals surface area contributed by atoms with Crippen LogP contribution in [0.5, 0.6) is 17.2 Å². The zero-order valence-corrected chi connectivity index (χ0v) is 10.7. The van der Waals surface area contributed by atoms with E-state index in [2.05, 4.69) is 4.74 Å². The van der Waals surface area contributed by atoms with E-state index in [-0.39, 0.29) is 33.8 Å². The molecule has 102 valence electrons. The monoisotopic (exact) mass is 274 g/mol. The fourth-order valence-electron chi connectivity index (χ4n) is 2.53. The Morgan fingerprint density at radius 1 is 1.00 bits per heavy atom. The van der Waals surface area contributed by atoms with Gasteiger partial charge in [0, 0.05) is 16.8 Å². The number of benzene rings is 2. The van der Waals surface area contributed by atoms with Crippen molar-refractivity contribution in [3.05, 3.63) is 28.8 Å². The number of phenols is 2. The number of carbonyl (C=O) groups excluding carboxylic acids is 2. The van der Waals surface area contributed by atoms with Crippen LogP contribution in [0.4, 0.5) is 0 Å². The quantitative estimate of drug-likeness (QED) is 0.609. The van der Waals surface area contributed by atoms with E-state index >= 15 is 0 Å². The minimum absolute atomic E-state index is 0.0221. The topological polar surface area (TPSA) is 93.1 Å². The molecule has 0 atom stereocenters. The highest BCUT2D eigenvalue weighted by Gasteiger charge is 2.34. The standard InChI is InChI=1S/C14H10O6/c1-5-3-6(15)10-12-9(5)7(16)4-8(19-2)11(12)14(18)20-13(10)17/h3-4,15-16H,1-2H3. The Morgan fingerprint density at radius 2 is 1.65 bits per heavy atom. The number of esters is 2. The van der Waals surface area contributed by atoms with Crippen LogP contribution in [0.2, 0.25) is 0 Å². The van der Waals surface area contributed by atoms with Gasteiger partial charge in [-0.1, -0.05) is 0 Å². The molecule has 0 amide bonds. The second kappa shape index (κ2) is 3.86. The molecule has 0 bridgehead atoms. The molecular weight excluding hydrogens is 264 g/mol. The van der Waals surface area contributed by atoms with Crippen molar-refractivity contribution in [2.24, 2.45) is 0 Å². The Kier molecular flexibility index (Phi) is 2.37. The summed E-state index contributed by atoms with van der Waals surface area (Å²) in [7, 11) is 1.33. The average molecular weight is 274 g/mol. The largest absolute Gasteiger partial charge is 0.507 e. The maximum Gasteiger partial charge on any atom is 0.350 e. The van der Waals surface area contributed by atoms with E-state index in [0.29, 0.717) is 10.9 Å². The molecule has 0 fully saturated rings. The summed E-state index contributed by atoms with van der Waals surface area (Å²) in [6, 6.07) is 2.62. The van der Waals surface area contributed by atoms with E-state index in [0.717, 1.165) is 0 Å². The van der Waals surface area contributed by atoms with Crippen molar-refractivity contribution in [1.82, 2.24) is 0 Å². The smallest absolute Gasteiger partial charge is 0.350 e. The first kappa shape index (κ1) is 12.3. The highest BCUT2D eigenvalue weighted by molar-refractivity contribution is 6.24. The molecule has 0 saturated heterocycles. The number of phenolic OH excluding ortho intramolecular Hbond substituents is 2. The Balaban J connectivity index is 2.65. The second-order valence-corrected chi connectivity index (χ2v) is 4.49. The van der Waals surface area contributed by atoms with Crippen molar-refractivity contribution in [3.63, 3.8) is 0 Å². The predicted molar refractivity (Wildman–Crippen MR) is 68.3 cm³/mol. The molecule has 2 aromatic rings. The van der Waals surface area contributed by atoms with Crippen LogP contribution in [0.15, 0.2) is 12.1 Å². The summed E-state index contributed by atoms with van der Waals surface area (Å²) in [5.74, 6) is -2.17. The van der Waals surface area contributed by atoms with Crippen molar-refractivity contribution in [1.29, 1.82) is 0 Å². The van der Waals surface area contributed by atoms with Gasteiger partial charge in [0.25, 0.3) is 0 Å². The number of aryl methyl sites for hydroxylation is 1. The summed E-state index contributed by atoms with van der Waals surface area (Å²) in [4.78, 5) is 23.7. The number of methoxy groups -OCH3 is 1. The van der Waals surface area contributed by atoms with Gasteiger partial charge in [-0.2, -0.15) is 0 Å². The van der Waals surface area contributed by atoms with Gasteiger partial charge in [-0.05, 0) is 18.6 Å². The second-order valence-electron chi connectivity index (χ2n) is 4.49. The van der Waals surface area contributed by atoms with Crippen LogP contribution in [0.1, 0.15) is 26.3 Å². The highest BCUT2D eigenvalue weighted by atomic mass is 16.6. The van der Waals surface area contributed by atoms with E-state index in [1.54, 1.807) is 6.92 Å². The molecular formula is C14H10O6. The number of rotatable bonds is 1. The van der Waals surface area contributed by atoms with Crippen molar-refractivity contribution < 1.29 is 29.3 Å². The van der Waals surface area contributed by atoms with Gasteiger partial charge in [0.05, 0.1) is 7.11 Å². The lowest BCUT2D eigenvalue weighted by molar-refractivity contribution is 0.0387. The van der Waals surface area contributed by atoms with Crippen LogP contribution in [-0.2, 0) is 4.74 Å². The minimum atomic E-state index is -0.947. The average Bonchev–Trinajstić information content (AvgIpc) is 2.36. The molecule has 0 spiro atoms. The van der Waals surface area contributed by atoms with Gasteiger partial charge in [0.1, 0.15) is 28.4 Å². The van der Waals surface area contributed by atoms with E-state index in [9.17, 15) is 19.8 Å². The molecule has 6 nitrogen and oxygen atoms in total. The van der Waals surface area contributed by atoms with E-state index in [1.165, 1.54) is 19.2 Å². The lowest BCUT2D eigenvalue weighted by Crippen LogP contribution is -2.21. The van der Waals surface area contributed by atoms with Gasteiger partial charge in [-0.3, -0.25) is 0 Å². The van der Waals surface area contributed by atoms with Crippen molar-refractivity contribution in [3.8, 4) is 17.2 Å². The van der Waals surface area contributed by atoms with Crippen molar-refractivity contribution in [2.75, 3.05) is 7.11 Å². The fraction of sp³-hybridized carbons (Fsp3) is 0.143. The van der Waals surface area contributed by atoms with E-state index in [1.807, 2.05) is 0 Å². The first-order valence-electron chi connectivity index (χ1n) is 5.78. The molecule has 0 unspecified atom stereocenters. The summed E-state index contributed by atoms with van der Waals surface area (Å²) < 4.78 is 9.65. The Morgan fingerprint density at radius 3 is 2.30 bits per heavy atom. The summed E-state index contributed by atoms with van der Waals surface area (Å²) >= 11 is 0. The van der Waals surface area contributed by atoms with Crippen molar-refractivity contribution in [2.45, 2.75) is 6.92 Å². The van der Waals surface area contributed by atoms with Crippen molar-refractivity contribution >= 4 is 22.7 Å². The first-order chi connectivity index (χ1) is 9.45. The molecule has 0 aliphatic carbocycles. The molecule has 2 aromatic carbocycles. The molecule has 1 heterocycles. The fourth-order valence-corrected chi connectivity index (χ4v) is 2.53. The Bertz CT molecular complexity index is 790. The molecule has 0 saturated carbocycles. The molecule has 1 aliphatic rings. The zero-order chi connectivity index (χ0) is 14.6. The Hall–Kier alpha value is -2.76. The predicted octanol–water partition coefficient (Wildman–Crippen LogP) is 1.88. The highest BCUT2D eigenvalue weighted by Crippen LogP contribution is 2.44. The van der Waals surface area contributed by atoms with Gasteiger partial charge >= 0.3 is 11.9 Å². The molecule has 6 heteroatoms. The van der Waals surface area contributed by atoms with Crippen LogP contribution < -0.4 is 4.74 Å². The molecule has 1 aliphatic heterocycles. The van der Waals surface area contributed by atoms with Crippen LogP contribution in [0.3, 0.4) is 0 Å². The number of cyclic esters (lactones) is 2. The summed E-state index contributed by atoms with van der Waals surface area (Å²) in [5, 5.41) is 20.5. The van der Waals surface area contributed by atoms with E-state index < -0.39 is 11.9 Å². The Labute approximate surface area is 113 Å². The van der Waals surface area contributed by atoms with Crippen LogP contribution >= 0.6 is 0 Å². The number of hydrogen-bond donors (Lipinski definition) is 2. The van der Waals surface area contributed by atoms with Gasteiger partial charge in [-0.15, -0.1) is 0 Å². The van der Waals surface area contributed by atoms with Gasteiger partial charge in [0.2, 0.25) is 0 Å². The zero-order valence-electron chi connectivity index (χ0n) is 10.7. The normalized spacial score (nSPS) is 13.5. The minimum Gasteiger partial charge on any atom is -0.507 e. The maximum atomic E-state index is 11.9. The first-order valence-corrected chi connectivity index (χ1v) is 5.78. The molecule has 0 radical (unpaired) electrons. The number of ether oxygens (including phenoxy) is 2. The lowest BCUT2D eigenvalue weighted by atomic mass is 9.92. The third-order valence-electron chi connectivity index (χ3n) is 3.34. The molecule has 2 N–H and O–H groups in total. The molecule has 0 aromatic heterocycles. The van der Waals surface area contributed by atoms with Crippen LogP contribution in [0, 0.1) is 6.92 Å². The summed E-state index contributed by atoms with van der Waals surface area (Å²) in [5.41, 5.74) is 0.411. The lowest BCUT2D eigenvalue weighted by Gasteiger charge is -2.20. The number of aromatic hydroxyl groups is 2.